The number of phenolic OH excluding ortho intramolecular Hbond substituents is 1. The van der Waals surface area contributed by atoms with Gasteiger partial charge in [-0.1, -0.05) is 17.7 Å². The van der Waals surface area contributed by atoms with E-state index in [0.29, 0.717) is 24.6 Å². The number of hydrogen-bond donors (Lipinski definition) is 1. The van der Waals surface area contributed by atoms with Crippen LogP contribution >= 0.6 is 12.0 Å². The van der Waals surface area contributed by atoms with E-state index in [0.717, 1.165) is 0 Å². The van der Waals surface area contributed by atoms with Gasteiger partial charge in [0.25, 0.3) is 6.47 Å². The third-order valence-corrected chi connectivity index (χ3v) is 2.07. The number of ether oxygens (including phenoxy) is 1. The van der Waals surface area contributed by atoms with Gasteiger partial charge in [0.1, 0.15) is 12.4 Å². The molecule has 0 fully saturated rings. The van der Waals surface area contributed by atoms with Crippen molar-refractivity contribution in [2.24, 2.45) is 0 Å². The van der Waals surface area contributed by atoms with Crippen LogP contribution in [0.3, 0.4) is 0 Å². The molecular formula is C11H16O4S. The zero-order valence-corrected chi connectivity index (χ0v) is 10.2. The van der Waals surface area contributed by atoms with Crippen molar-refractivity contribution in [3.63, 3.8) is 0 Å². The molecule has 0 unspecified atom stereocenters. The Morgan fingerprint density at radius 3 is 2.44 bits per heavy atom. The zero-order chi connectivity index (χ0) is 12.2. The summed E-state index contributed by atoms with van der Waals surface area (Å²) >= 11 is 1.26. The Morgan fingerprint density at radius 1 is 1.38 bits per heavy atom. The molecule has 0 amide bonds. The number of rotatable bonds is 5. The van der Waals surface area contributed by atoms with E-state index in [2.05, 4.69) is 8.92 Å². The van der Waals surface area contributed by atoms with E-state index in [-0.39, 0.29) is 0 Å². The maximum absolute atomic E-state index is 9.50. The van der Waals surface area contributed by atoms with Gasteiger partial charge >= 0.3 is 0 Å². The van der Waals surface area contributed by atoms with Gasteiger partial charge in [-0.25, -0.2) is 0 Å². The summed E-state index contributed by atoms with van der Waals surface area (Å²) in [5.74, 6) is 1.02. The fraction of sp³-hybridized carbons (Fsp3) is 0.364. The van der Waals surface area contributed by atoms with Gasteiger partial charge in [0.15, 0.2) is 0 Å². The number of aryl methyl sites for hydroxylation is 1. The summed E-state index contributed by atoms with van der Waals surface area (Å²) in [6, 6.07) is 7.09. The highest BCUT2D eigenvalue weighted by Crippen LogP contribution is 2.07. The monoisotopic (exact) mass is 244 g/mol. The minimum atomic E-state index is 0.329. The van der Waals surface area contributed by atoms with Crippen LogP contribution in [0.1, 0.15) is 5.56 Å². The highest BCUT2D eigenvalue weighted by Gasteiger charge is 1.83. The molecule has 0 aromatic heterocycles. The summed E-state index contributed by atoms with van der Waals surface area (Å²) in [6.45, 7) is 2.83. The number of benzene rings is 1. The third-order valence-electron chi connectivity index (χ3n) is 1.50. The number of carbonyl (C=O) groups excluding carboxylic acids is 1. The molecule has 90 valence electrons. The maximum atomic E-state index is 9.50. The summed E-state index contributed by atoms with van der Waals surface area (Å²) in [7, 11) is 1.57. The lowest BCUT2D eigenvalue weighted by atomic mass is 10.2. The van der Waals surface area contributed by atoms with Crippen LogP contribution in [0.25, 0.3) is 0 Å². The number of phenols is 1. The highest BCUT2D eigenvalue weighted by atomic mass is 32.2. The van der Waals surface area contributed by atoms with E-state index in [1.54, 1.807) is 19.2 Å². The first-order valence-electron chi connectivity index (χ1n) is 4.67. The summed E-state index contributed by atoms with van der Waals surface area (Å²) in [5, 5.41) is 8.76. The number of carbonyl (C=O) groups is 1. The highest BCUT2D eigenvalue weighted by molar-refractivity contribution is 7.94. The van der Waals surface area contributed by atoms with Gasteiger partial charge in [-0.2, -0.15) is 0 Å². The predicted molar refractivity (Wildman–Crippen MR) is 64.3 cm³/mol. The van der Waals surface area contributed by atoms with Crippen molar-refractivity contribution < 1.29 is 18.8 Å². The molecule has 0 saturated heterocycles. The van der Waals surface area contributed by atoms with Crippen LogP contribution in [0, 0.1) is 6.92 Å². The SMILES string of the molecule is COSCCOC=O.Cc1ccc(O)cc1. The molecule has 0 radical (unpaired) electrons. The van der Waals surface area contributed by atoms with E-state index >= 15 is 0 Å². The first-order chi connectivity index (χ1) is 7.70. The molecule has 0 heterocycles. The summed E-state index contributed by atoms with van der Waals surface area (Å²) in [4.78, 5) is 9.50. The van der Waals surface area contributed by atoms with Gasteiger partial charge in [-0.05, 0) is 31.1 Å². The van der Waals surface area contributed by atoms with Crippen molar-refractivity contribution in [2.45, 2.75) is 6.92 Å². The van der Waals surface area contributed by atoms with Crippen LogP contribution in [0.15, 0.2) is 24.3 Å². The lowest BCUT2D eigenvalue weighted by Gasteiger charge is -1.93. The van der Waals surface area contributed by atoms with Crippen molar-refractivity contribution in [1.29, 1.82) is 0 Å². The largest absolute Gasteiger partial charge is 0.508 e. The first kappa shape index (κ1) is 14.8. The van der Waals surface area contributed by atoms with Crippen molar-refractivity contribution in [3.05, 3.63) is 29.8 Å². The summed E-state index contributed by atoms with van der Waals surface area (Å²) in [5.41, 5.74) is 1.17. The molecule has 0 aliphatic rings. The Hall–Kier alpha value is -1.20. The van der Waals surface area contributed by atoms with E-state index in [1.807, 2.05) is 19.1 Å². The smallest absolute Gasteiger partial charge is 0.293 e. The molecule has 1 N–H and O–H groups in total. The Balaban J connectivity index is 0.000000281. The Bertz CT molecular complexity index is 253. The van der Waals surface area contributed by atoms with Gasteiger partial charge < -0.3 is 14.0 Å². The minimum absolute atomic E-state index is 0.329. The predicted octanol–water partition coefficient (Wildman–Crippen LogP) is 2.15. The van der Waals surface area contributed by atoms with E-state index in [1.165, 1.54) is 17.6 Å². The molecule has 1 aromatic rings. The second-order valence-electron chi connectivity index (χ2n) is 2.79. The zero-order valence-electron chi connectivity index (χ0n) is 9.38. The lowest BCUT2D eigenvalue weighted by molar-refractivity contribution is -0.128. The molecule has 0 saturated carbocycles. The first-order valence-corrected chi connectivity index (χ1v) is 5.58. The standard InChI is InChI=1S/C7H8O.C4H8O3S/c1-6-2-4-7(8)5-3-6;1-6-8-3-2-7-4-5/h2-5,8H,1H3;4H,2-3H2,1H3. The minimum Gasteiger partial charge on any atom is -0.508 e. The number of aromatic hydroxyl groups is 1. The lowest BCUT2D eigenvalue weighted by Crippen LogP contribution is -1.93. The Labute approximate surface area is 99.8 Å². The second kappa shape index (κ2) is 10.3. The molecular weight excluding hydrogens is 228 g/mol. The van der Waals surface area contributed by atoms with Gasteiger partial charge in [-0.3, -0.25) is 4.79 Å². The molecule has 16 heavy (non-hydrogen) atoms. The van der Waals surface area contributed by atoms with Crippen LogP contribution in [-0.4, -0.2) is 31.0 Å². The Morgan fingerprint density at radius 2 is 2.00 bits per heavy atom. The average Bonchev–Trinajstić information content (AvgIpc) is 2.30. The van der Waals surface area contributed by atoms with Crippen LogP contribution < -0.4 is 0 Å². The topological polar surface area (TPSA) is 55.8 Å². The molecule has 0 aliphatic carbocycles. The summed E-state index contributed by atoms with van der Waals surface area (Å²) < 4.78 is 8.96. The van der Waals surface area contributed by atoms with Crippen LogP contribution in [0.4, 0.5) is 0 Å². The van der Waals surface area contributed by atoms with Gasteiger partial charge in [0.2, 0.25) is 0 Å². The number of hydrogen-bond acceptors (Lipinski definition) is 5. The molecule has 5 heteroatoms. The molecule has 0 aliphatic heterocycles. The van der Waals surface area contributed by atoms with Crippen molar-refractivity contribution in [2.75, 3.05) is 19.5 Å². The molecule has 0 spiro atoms. The normalized spacial score (nSPS) is 8.88. The van der Waals surface area contributed by atoms with Crippen LogP contribution in [0.2, 0.25) is 0 Å². The van der Waals surface area contributed by atoms with E-state index in [4.69, 9.17) is 5.11 Å². The van der Waals surface area contributed by atoms with Gasteiger partial charge in [-0.15, -0.1) is 0 Å². The van der Waals surface area contributed by atoms with Crippen molar-refractivity contribution in [3.8, 4) is 5.75 Å². The van der Waals surface area contributed by atoms with Gasteiger partial charge in [0.05, 0.1) is 12.9 Å². The van der Waals surface area contributed by atoms with Crippen molar-refractivity contribution in [1.82, 2.24) is 0 Å². The summed E-state index contributed by atoms with van der Waals surface area (Å²) in [6.07, 6.45) is 0. The molecule has 4 nitrogen and oxygen atoms in total. The second-order valence-corrected chi connectivity index (χ2v) is 3.77. The average molecular weight is 244 g/mol. The Kier molecular flexibility index (Phi) is 9.55. The quantitative estimate of drug-likeness (QED) is 0.488. The molecule has 1 aromatic carbocycles. The molecule has 0 bridgehead atoms. The fourth-order valence-corrected chi connectivity index (χ4v) is 1.09. The van der Waals surface area contributed by atoms with E-state index < -0.39 is 0 Å². The van der Waals surface area contributed by atoms with Crippen LogP contribution in [-0.2, 0) is 13.7 Å². The van der Waals surface area contributed by atoms with Crippen molar-refractivity contribution >= 4 is 18.5 Å². The van der Waals surface area contributed by atoms with E-state index in [9.17, 15) is 4.79 Å². The maximum Gasteiger partial charge on any atom is 0.293 e. The third kappa shape index (κ3) is 9.36. The van der Waals surface area contributed by atoms with Crippen LogP contribution in [0.5, 0.6) is 5.75 Å². The van der Waals surface area contributed by atoms with Gasteiger partial charge in [0, 0.05) is 0 Å². The molecule has 0 atom stereocenters. The fourth-order valence-electron chi connectivity index (χ4n) is 0.758. The molecule has 1 rings (SSSR count).